The monoisotopic (exact) mass is 366 g/mol. The number of benzene rings is 3. The number of esters is 1. The van der Waals surface area contributed by atoms with E-state index in [1.165, 1.54) is 6.07 Å². The Labute approximate surface area is 151 Å². The first-order valence-corrected chi connectivity index (χ1v) is 8.10. The second-order valence-corrected chi connectivity index (χ2v) is 5.92. The van der Waals surface area contributed by atoms with E-state index in [2.05, 4.69) is 0 Å². The zero-order valence-electron chi connectivity index (χ0n) is 13.9. The summed E-state index contributed by atoms with van der Waals surface area (Å²) >= 11 is 0. The third-order valence-corrected chi connectivity index (χ3v) is 4.24. The van der Waals surface area contributed by atoms with Crippen LogP contribution in [0.2, 0.25) is 0 Å². The number of fused-ring (bicyclic) bond motifs is 3. The summed E-state index contributed by atoms with van der Waals surface area (Å²) in [5, 5.41) is 2.32. The molecule has 3 aromatic carbocycles. The molecule has 4 rings (SSSR count). The molecule has 134 valence electrons. The van der Waals surface area contributed by atoms with Crippen molar-refractivity contribution in [3.63, 3.8) is 0 Å². The van der Waals surface area contributed by atoms with Gasteiger partial charge < -0.3 is 9.15 Å². The third kappa shape index (κ3) is 3.06. The lowest BCUT2D eigenvalue weighted by molar-refractivity contribution is 0.0462. The molecule has 4 nitrogen and oxygen atoms in total. The van der Waals surface area contributed by atoms with Crippen molar-refractivity contribution in [1.29, 1.82) is 0 Å². The molecule has 0 N–H and O–H groups in total. The minimum absolute atomic E-state index is 0.331. The Morgan fingerprint density at radius 3 is 2.48 bits per heavy atom. The van der Waals surface area contributed by atoms with E-state index in [1.54, 1.807) is 6.07 Å². The number of ether oxygens (including phenoxy) is 1. The molecule has 0 spiro atoms. The molecule has 0 amide bonds. The van der Waals surface area contributed by atoms with Crippen LogP contribution in [0.15, 0.2) is 69.9 Å². The molecule has 27 heavy (non-hydrogen) atoms. The molecule has 1 heterocycles. The molecule has 4 aromatic rings. The van der Waals surface area contributed by atoms with Crippen LogP contribution in [0.1, 0.15) is 15.9 Å². The summed E-state index contributed by atoms with van der Waals surface area (Å²) in [5.41, 5.74) is -0.650. The first-order chi connectivity index (χ1) is 13.0. The van der Waals surface area contributed by atoms with E-state index in [9.17, 15) is 18.4 Å². The standard InChI is InChI=1S/C21H12F2O4/c22-15-6-3-7-16(23)20(15)21(25)26-11-13-10-18(24)27-17-9-8-12-4-1-2-5-14(12)19(13)17/h1-10H,11H2. The first kappa shape index (κ1) is 16.9. The van der Waals surface area contributed by atoms with E-state index in [0.29, 0.717) is 16.5 Å². The topological polar surface area (TPSA) is 56.5 Å². The van der Waals surface area contributed by atoms with Gasteiger partial charge in [0, 0.05) is 17.0 Å². The summed E-state index contributed by atoms with van der Waals surface area (Å²) in [7, 11) is 0. The second-order valence-electron chi connectivity index (χ2n) is 5.92. The van der Waals surface area contributed by atoms with Crippen molar-refractivity contribution < 1.29 is 22.7 Å². The Bertz CT molecular complexity index is 1220. The van der Waals surface area contributed by atoms with Crippen molar-refractivity contribution in [2.75, 3.05) is 0 Å². The Morgan fingerprint density at radius 1 is 0.963 bits per heavy atom. The largest absolute Gasteiger partial charge is 0.457 e. The lowest BCUT2D eigenvalue weighted by Gasteiger charge is -2.10. The van der Waals surface area contributed by atoms with Gasteiger partial charge in [-0.2, -0.15) is 0 Å². The highest BCUT2D eigenvalue weighted by atomic mass is 19.1. The van der Waals surface area contributed by atoms with Crippen molar-refractivity contribution in [1.82, 2.24) is 0 Å². The van der Waals surface area contributed by atoms with Gasteiger partial charge in [-0.05, 0) is 29.0 Å². The fraction of sp³-hybridized carbons (Fsp3) is 0.0476. The average molecular weight is 366 g/mol. The summed E-state index contributed by atoms with van der Waals surface area (Å²) in [6.07, 6.45) is 0. The van der Waals surface area contributed by atoms with Gasteiger partial charge in [-0.3, -0.25) is 0 Å². The lowest BCUT2D eigenvalue weighted by Crippen LogP contribution is -2.11. The highest BCUT2D eigenvalue weighted by molar-refractivity contribution is 6.07. The fourth-order valence-electron chi connectivity index (χ4n) is 3.04. The molecule has 0 saturated heterocycles. The van der Waals surface area contributed by atoms with Gasteiger partial charge in [-0.25, -0.2) is 18.4 Å². The van der Waals surface area contributed by atoms with E-state index >= 15 is 0 Å². The minimum atomic E-state index is -1.15. The van der Waals surface area contributed by atoms with Gasteiger partial charge in [-0.1, -0.05) is 36.4 Å². The van der Waals surface area contributed by atoms with Gasteiger partial charge in [0.05, 0.1) is 0 Å². The van der Waals surface area contributed by atoms with Crippen molar-refractivity contribution in [2.45, 2.75) is 6.61 Å². The van der Waals surface area contributed by atoms with Crippen molar-refractivity contribution >= 4 is 27.7 Å². The van der Waals surface area contributed by atoms with Gasteiger partial charge in [-0.15, -0.1) is 0 Å². The van der Waals surface area contributed by atoms with Gasteiger partial charge >= 0.3 is 11.6 Å². The second kappa shape index (κ2) is 6.64. The summed E-state index contributed by atoms with van der Waals surface area (Å²) in [6.45, 7) is -0.331. The van der Waals surface area contributed by atoms with E-state index < -0.39 is 28.8 Å². The number of hydrogen-bond acceptors (Lipinski definition) is 4. The molecule has 0 aliphatic carbocycles. The fourth-order valence-corrected chi connectivity index (χ4v) is 3.04. The predicted molar refractivity (Wildman–Crippen MR) is 95.5 cm³/mol. The molecule has 0 bridgehead atoms. The maximum atomic E-state index is 13.7. The SMILES string of the molecule is O=C(OCc1cc(=O)oc2ccc3ccccc3c12)c1c(F)cccc1F. The van der Waals surface area contributed by atoms with Crippen LogP contribution in [-0.4, -0.2) is 5.97 Å². The van der Waals surface area contributed by atoms with Crippen LogP contribution in [0, 0.1) is 11.6 Å². The Kier molecular flexibility index (Phi) is 4.16. The quantitative estimate of drug-likeness (QED) is 0.303. The molecule has 6 heteroatoms. The molecule has 0 aliphatic rings. The number of halogens is 2. The Hall–Kier alpha value is -3.54. The summed E-state index contributed by atoms with van der Waals surface area (Å²) in [4.78, 5) is 24.0. The molecule has 0 saturated carbocycles. The van der Waals surface area contributed by atoms with Crippen LogP contribution >= 0.6 is 0 Å². The van der Waals surface area contributed by atoms with Crippen LogP contribution < -0.4 is 5.63 Å². The van der Waals surface area contributed by atoms with Crippen LogP contribution in [0.5, 0.6) is 0 Å². The number of rotatable bonds is 3. The summed E-state index contributed by atoms with van der Waals surface area (Å²) in [5.74, 6) is -3.17. The van der Waals surface area contributed by atoms with Crippen molar-refractivity contribution in [2.24, 2.45) is 0 Å². The lowest BCUT2D eigenvalue weighted by atomic mass is 10.0. The number of hydrogen-bond donors (Lipinski definition) is 0. The minimum Gasteiger partial charge on any atom is -0.457 e. The van der Waals surface area contributed by atoms with Gasteiger partial charge in [0.25, 0.3) is 0 Å². The van der Waals surface area contributed by atoms with Gasteiger partial charge in [0.1, 0.15) is 29.4 Å². The van der Waals surface area contributed by atoms with Crippen LogP contribution in [0.25, 0.3) is 21.7 Å². The third-order valence-electron chi connectivity index (χ3n) is 4.24. The van der Waals surface area contributed by atoms with Crippen LogP contribution in [0.4, 0.5) is 8.78 Å². The molecule has 0 atom stereocenters. The molecule has 0 aliphatic heterocycles. The Balaban J connectivity index is 1.77. The predicted octanol–water partition coefficient (Wildman–Crippen LogP) is 4.58. The zero-order valence-corrected chi connectivity index (χ0v) is 13.9. The maximum Gasteiger partial charge on any atom is 0.344 e. The highest BCUT2D eigenvalue weighted by Crippen LogP contribution is 2.28. The zero-order chi connectivity index (χ0) is 19.0. The molecular formula is C21H12F2O4. The van der Waals surface area contributed by atoms with Crippen molar-refractivity contribution in [3.8, 4) is 0 Å². The van der Waals surface area contributed by atoms with Crippen LogP contribution in [-0.2, 0) is 11.3 Å². The summed E-state index contributed by atoms with van der Waals surface area (Å²) < 4.78 is 37.8. The van der Waals surface area contributed by atoms with Gasteiger partial charge in [0.15, 0.2) is 0 Å². The molecule has 0 fully saturated rings. The number of carbonyl (C=O) groups excluding carboxylic acids is 1. The van der Waals surface area contributed by atoms with Crippen molar-refractivity contribution in [3.05, 3.63) is 93.8 Å². The molecular weight excluding hydrogens is 354 g/mol. The molecule has 0 radical (unpaired) electrons. The van der Waals surface area contributed by atoms with E-state index in [1.807, 2.05) is 30.3 Å². The smallest absolute Gasteiger partial charge is 0.344 e. The van der Waals surface area contributed by atoms with E-state index in [-0.39, 0.29) is 6.61 Å². The van der Waals surface area contributed by atoms with E-state index in [4.69, 9.17) is 9.15 Å². The normalized spacial score (nSPS) is 11.0. The molecule has 1 aromatic heterocycles. The average Bonchev–Trinajstić information content (AvgIpc) is 2.65. The maximum absolute atomic E-state index is 13.7. The summed E-state index contributed by atoms with van der Waals surface area (Å²) in [6, 6.07) is 15.2. The highest BCUT2D eigenvalue weighted by Gasteiger charge is 2.19. The van der Waals surface area contributed by atoms with Crippen LogP contribution in [0.3, 0.4) is 0 Å². The van der Waals surface area contributed by atoms with E-state index in [0.717, 1.165) is 29.0 Å². The first-order valence-electron chi connectivity index (χ1n) is 8.10. The number of carbonyl (C=O) groups is 1. The van der Waals surface area contributed by atoms with Gasteiger partial charge in [0.2, 0.25) is 0 Å². The molecule has 0 unspecified atom stereocenters. The Morgan fingerprint density at radius 2 is 1.70 bits per heavy atom.